The highest BCUT2D eigenvalue weighted by molar-refractivity contribution is 8.03. The number of fused-ring (bicyclic) bond motifs is 1. The van der Waals surface area contributed by atoms with Gasteiger partial charge in [-0.05, 0) is 13.2 Å². The smallest absolute Gasteiger partial charge is 0.350 e. The number of carbonyl (C=O) groups is 1. The van der Waals surface area contributed by atoms with E-state index in [1.165, 1.54) is 27.6 Å². The molecule has 2 heterocycles. The second-order valence-corrected chi connectivity index (χ2v) is 6.47. The Morgan fingerprint density at radius 2 is 2.33 bits per heavy atom. The van der Waals surface area contributed by atoms with Gasteiger partial charge in [-0.2, -0.15) is 0 Å². The van der Waals surface area contributed by atoms with E-state index in [0.717, 1.165) is 5.69 Å². The van der Waals surface area contributed by atoms with Gasteiger partial charge in [-0.3, -0.25) is 0 Å². The van der Waals surface area contributed by atoms with E-state index in [9.17, 15) is 4.79 Å². The van der Waals surface area contributed by atoms with Crippen LogP contribution in [-0.2, 0) is 4.74 Å². The molecule has 1 aliphatic heterocycles. The van der Waals surface area contributed by atoms with Gasteiger partial charge in [0, 0.05) is 0 Å². The lowest BCUT2D eigenvalue weighted by Gasteiger charge is -2.03. The SMILES string of the molecule is COC(=O)c1sc(SC)c2c1NC(C)S2. The molecule has 6 heteroatoms. The fourth-order valence-electron chi connectivity index (χ4n) is 1.41. The molecule has 1 aromatic rings. The van der Waals surface area contributed by atoms with Crippen LogP contribution in [0.25, 0.3) is 0 Å². The number of anilines is 1. The Hall–Kier alpha value is -0.330. The van der Waals surface area contributed by atoms with E-state index in [0.29, 0.717) is 10.3 Å². The van der Waals surface area contributed by atoms with E-state index < -0.39 is 0 Å². The Morgan fingerprint density at radius 1 is 1.60 bits per heavy atom. The predicted molar refractivity (Wildman–Crippen MR) is 66.4 cm³/mol. The van der Waals surface area contributed by atoms with Crippen molar-refractivity contribution in [3.05, 3.63) is 4.88 Å². The molecular weight excluding hydrogens is 250 g/mol. The number of ether oxygens (including phenoxy) is 1. The molecule has 1 aliphatic rings. The predicted octanol–water partition coefficient (Wildman–Crippen LogP) is 3.12. The molecule has 15 heavy (non-hydrogen) atoms. The fourth-order valence-corrected chi connectivity index (χ4v) is 4.73. The van der Waals surface area contributed by atoms with Gasteiger partial charge in [0.2, 0.25) is 0 Å². The first-order chi connectivity index (χ1) is 7.17. The lowest BCUT2D eigenvalue weighted by molar-refractivity contribution is 0.0607. The summed E-state index contributed by atoms with van der Waals surface area (Å²) in [7, 11) is 1.42. The number of thioether (sulfide) groups is 2. The van der Waals surface area contributed by atoms with Crippen molar-refractivity contribution < 1.29 is 9.53 Å². The first kappa shape index (κ1) is 11.2. The highest BCUT2D eigenvalue weighted by atomic mass is 32.2. The van der Waals surface area contributed by atoms with Gasteiger partial charge >= 0.3 is 5.97 Å². The van der Waals surface area contributed by atoms with E-state index in [1.54, 1.807) is 23.5 Å². The molecule has 0 saturated carbocycles. The summed E-state index contributed by atoms with van der Waals surface area (Å²) in [5.74, 6) is -0.251. The summed E-state index contributed by atoms with van der Waals surface area (Å²) in [5.41, 5.74) is 0.953. The van der Waals surface area contributed by atoms with Gasteiger partial charge in [0.15, 0.2) is 0 Å². The third-order valence-corrected chi connectivity index (χ3v) is 5.70. The normalized spacial score (nSPS) is 18.5. The third-order valence-electron chi connectivity index (χ3n) is 2.03. The number of carbonyl (C=O) groups excluding carboxylic acids is 1. The summed E-state index contributed by atoms with van der Waals surface area (Å²) in [6.07, 6.45) is 2.02. The highest BCUT2D eigenvalue weighted by Crippen LogP contribution is 2.50. The highest BCUT2D eigenvalue weighted by Gasteiger charge is 2.30. The van der Waals surface area contributed by atoms with Crippen molar-refractivity contribution in [3.63, 3.8) is 0 Å². The van der Waals surface area contributed by atoms with Crippen LogP contribution in [0, 0.1) is 0 Å². The molecule has 0 spiro atoms. The lowest BCUT2D eigenvalue weighted by Crippen LogP contribution is -2.07. The van der Waals surface area contributed by atoms with Crippen molar-refractivity contribution in [1.82, 2.24) is 0 Å². The number of rotatable bonds is 2. The Morgan fingerprint density at radius 3 is 2.93 bits per heavy atom. The van der Waals surface area contributed by atoms with Crippen molar-refractivity contribution in [1.29, 1.82) is 0 Å². The van der Waals surface area contributed by atoms with Crippen LogP contribution in [-0.4, -0.2) is 24.7 Å². The van der Waals surface area contributed by atoms with Crippen LogP contribution in [0.5, 0.6) is 0 Å². The van der Waals surface area contributed by atoms with Gasteiger partial charge in [0.25, 0.3) is 0 Å². The summed E-state index contributed by atoms with van der Waals surface area (Å²) in [4.78, 5) is 13.4. The minimum Gasteiger partial charge on any atom is -0.465 e. The largest absolute Gasteiger partial charge is 0.465 e. The second kappa shape index (κ2) is 4.27. The molecule has 0 aromatic carbocycles. The molecule has 3 nitrogen and oxygen atoms in total. The maximum Gasteiger partial charge on any atom is 0.350 e. The third kappa shape index (κ3) is 1.86. The summed E-state index contributed by atoms with van der Waals surface area (Å²) in [5, 5.41) is 3.63. The number of methoxy groups -OCH3 is 1. The summed E-state index contributed by atoms with van der Waals surface area (Å²) in [6.45, 7) is 2.08. The minimum atomic E-state index is -0.251. The molecule has 0 radical (unpaired) electrons. The molecule has 0 fully saturated rings. The van der Waals surface area contributed by atoms with Gasteiger partial charge in [0.05, 0.1) is 27.3 Å². The van der Waals surface area contributed by atoms with E-state index in [1.807, 2.05) is 6.26 Å². The number of thiophene rings is 1. The zero-order valence-corrected chi connectivity index (χ0v) is 11.1. The van der Waals surface area contributed by atoms with E-state index >= 15 is 0 Å². The fraction of sp³-hybridized carbons (Fsp3) is 0.444. The van der Waals surface area contributed by atoms with Gasteiger partial charge in [-0.25, -0.2) is 4.79 Å². The molecule has 0 amide bonds. The van der Waals surface area contributed by atoms with Crippen molar-refractivity contribution in [2.24, 2.45) is 0 Å². The van der Waals surface area contributed by atoms with Crippen molar-refractivity contribution in [2.75, 3.05) is 18.7 Å². The van der Waals surface area contributed by atoms with E-state index in [-0.39, 0.29) is 5.97 Å². The molecule has 82 valence electrons. The molecule has 2 rings (SSSR count). The van der Waals surface area contributed by atoms with Gasteiger partial charge in [0.1, 0.15) is 4.88 Å². The van der Waals surface area contributed by atoms with Crippen LogP contribution in [0.15, 0.2) is 9.10 Å². The van der Waals surface area contributed by atoms with Crippen LogP contribution in [0.4, 0.5) is 5.69 Å². The summed E-state index contributed by atoms with van der Waals surface area (Å²) >= 11 is 4.94. The molecule has 0 saturated heterocycles. The summed E-state index contributed by atoms with van der Waals surface area (Å²) < 4.78 is 5.95. The second-order valence-electron chi connectivity index (χ2n) is 3.02. The lowest BCUT2D eigenvalue weighted by atomic mass is 10.4. The topological polar surface area (TPSA) is 38.3 Å². The average molecular weight is 261 g/mol. The number of hydrogen-bond acceptors (Lipinski definition) is 6. The molecule has 1 aromatic heterocycles. The Balaban J connectivity index is 2.45. The number of nitrogens with one attached hydrogen (secondary N) is 1. The zero-order chi connectivity index (χ0) is 11.0. The molecule has 1 atom stereocenters. The van der Waals surface area contributed by atoms with Crippen LogP contribution >= 0.6 is 34.9 Å². The van der Waals surface area contributed by atoms with E-state index in [2.05, 4.69) is 12.2 Å². The monoisotopic (exact) mass is 261 g/mol. The van der Waals surface area contributed by atoms with Gasteiger partial charge in [-0.1, -0.05) is 11.8 Å². The van der Waals surface area contributed by atoms with Gasteiger partial charge in [-0.15, -0.1) is 23.1 Å². The van der Waals surface area contributed by atoms with Crippen LogP contribution in [0.2, 0.25) is 0 Å². The average Bonchev–Trinajstić information content (AvgIpc) is 2.73. The van der Waals surface area contributed by atoms with Gasteiger partial charge < -0.3 is 10.1 Å². The minimum absolute atomic E-state index is 0.251. The van der Waals surface area contributed by atoms with Crippen LogP contribution < -0.4 is 5.32 Å². The van der Waals surface area contributed by atoms with Crippen molar-refractivity contribution in [2.45, 2.75) is 21.4 Å². The van der Waals surface area contributed by atoms with Crippen LogP contribution in [0.1, 0.15) is 16.6 Å². The molecular formula is C9H11NO2S3. The number of esters is 1. The van der Waals surface area contributed by atoms with Crippen molar-refractivity contribution in [3.8, 4) is 0 Å². The molecule has 0 bridgehead atoms. The van der Waals surface area contributed by atoms with E-state index in [4.69, 9.17) is 4.74 Å². The summed E-state index contributed by atoms with van der Waals surface area (Å²) in [6, 6.07) is 0. The Bertz CT molecular complexity index is 402. The number of hydrogen-bond donors (Lipinski definition) is 1. The maximum atomic E-state index is 11.5. The molecule has 1 N–H and O–H groups in total. The maximum absolute atomic E-state index is 11.5. The first-order valence-electron chi connectivity index (χ1n) is 4.39. The quantitative estimate of drug-likeness (QED) is 0.654. The zero-order valence-electron chi connectivity index (χ0n) is 8.62. The van der Waals surface area contributed by atoms with Crippen LogP contribution in [0.3, 0.4) is 0 Å². The molecule has 0 aliphatic carbocycles. The Kier molecular flexibility index (Phi) is 3.18. The Labute approximate surface area is 101 Å². The standard InChI is InChI=1S/C9H11NO2S3/c1-4-10-5-6(8(11)12-2)15-9(13-3)7(5)14-4/h4,10H,1-3H3. The first-order valence-corrected chi connectivity index (χ1v) is 7.31. The molecule has 1 unspecified atom stereocenters. The van der Waals surface area contributed by atoms with Crippen molar-refractivity contribution >= 4 is 46.5 Å².